The van der Waals surface area contributed by atoms with Crippen molar-refractivity contribution in [3.8, 4) is 11.6 Å². The van der Waals surface area contributed by atoms with E-state index in [1.165, 1.54) is 0 Å². The largest absolute Gasteiger partial charge is 0.491 e. The summed E-state index contributed by atoms with van der Waals surface area (Å²) in [7, 11) is 0. The van der Waals surface area contributed by atoms with Crippen molar-refractivity contribution in [2.24, 2.45) is 0 Å². The van der Waals surface area contributed by atoms with Crippen molar-refractivity contribution in [2.45, 2.75) is 63.8 Å². The van der Waals surface area contributed by atoms with Gasteiger partial charge in [0, 0.05) is 24.1 Å². The van der Waals surface area contributed by atoms with Crippen LogP contribution in [0.5, 0.6) is 11.6 Å². The maximum absolute atomic E-state index is 12.7. The lowest BCUT2D eigenvalue weighted by Crippen LogP contribution is -2.47. The van der Waals surface area contributed by atoms with E-state index >= 15 is 0 Å². The topological polar surface area (TPSA) is 85.6 Å². The third-order valence-corrected chi connectivity index (χ3v) is 6.16. The van der Waals surface area contributed by atoms with E-state index in [1.807, 2.05) is 26.0 Å². The number of halogens is 1. The van der Waals surface area contributed by atoms with E-state index in [4.69, 9.17) is 21.1 Å². The van der Waals surface area contributed by atoms with E-state index in [1.54, 1.807) is 16.8 Å². The zero-order valence-electron chi connectivity index (χ0n) is 16.7. The molecule has 0 spiro atoms. The number of hydrogen-bond acceptors (Lipinski definition) is 5. The van der Waals surface area contributed by atoms with Crippen LogP contribution in [0.4, 0.5) is 0 Å². The van der Waals surface area contributed by atoms with E-state index in [-0.39, 0.29) is 18.1 Å². The first kappa shape index (κ1) is 20.0. The van der Waals surface area contributed by atoms with Gasteiger partial charge in [-0.15, -0.1) is 0 Å². The van der Waals surface area contributed by atoms with Gasteiger partial charge in [-0.3, -0.25) is 4.79 Å². The highest BCUT2D eigenvalue weighted by atomic mass is 35.5. The number of benzene rings is 1. The fourth-order valence-electron chi connectivity index (χ4n) is 4.01. The number of nitrogens with one attached hydrogen (secondary N) is 1. The molecule has 2 aromatic rings. The number of ether oxygens (including phenoxy) is 2. The summed E-state index contributed by atoms with van der Waals surface area (Å²) in [6.07, 6.45) is 2.23. The first-order chi connectivity index (χ1) is 13.9. The average molecular weight is 420 g/mol. The number of aromatic nitrogens is 2. The maximum atomic E-state index is 12.7. The van der Waals surface area contributed by atoms with E-state index in [2.05, 4.69) is 10.4 Å². The number of aliphatic hydroxyl groups is 1. The summed E-state index contributed by atoms with van der Waals surface area (Å²) < 4.78 is 13.4. The predicted octanol–water partition coefficient (Wildman–Crippen LogP) is 2.97. The monoisotopic (exact) mass is 419 g/mol. The van der Waals surface area contributed by atoms with Crippen LogP contribution in [0.1, 0.15) is 49.2 Å². The van der Waals surface area contributed by atoms with E-state index < -0.39 is 5.60 Å². The first-order valence-electron chi connectivity index (χ1n) is 10.1. The van der Waals surface area contributed by atoms with Gasteiger partial charge in [-0.1, -0.05) is 25.4 Å². The summed E-state index contributed by atoms with van der Waals surface area (Å²) in [5, 5.41) is 18.8. The van der Waals surface area contributed by atoms with Crippen molar-refractivity contribution in [3.63, 3.8) is 0 Å². The lowest BCUT2D eigenvalue weighted by Gasteiger charge is -2.37. The molecule has 3 heterocycles. The Morgan fingerprint density at radius 2 is 2.17 bits per heavy atom. The Hall–Kier alpha value is -2.25. The second-order valence-corrected chi connectivity index (χ2v) is 8.17. The summed E-state index contributed by atoms with van der Waals surface area (Å²) in [4.78, 5) is 12.7. The number of carbonyl (C=O) groups is 1. The van der Waals surface area contributed by atoms with Crippen molar-refractivity contribution < 1.29 is 19.4 Å². The highest BCUT2D eigenvalue weighted by Gasteiger charge is 2.38. The van der Waals surface area contributed by atoms with Gasteiger partial charge in [-0.2, -0.15) is 5.10 Å². The Labute approximate surface area is 174 Å². The predicted molar refractivity (Wildman–Crippen MR) is 109 cm³/mol. The molecule has 0 saturated heterocycles. The van der Waals surface area contributed by atoms with Gasteiger partial charge >= 0.3 is 0 Å². The molecule has 0 radical (unpaired) electrons. The molecule has 1 aromatic heterocycles. The highest BCUT2D eigenvalue weighted by molar-refractivity contribution is 6.30. The molecule has 2 aliphatic rings. The molecule has 0 aliphatic carbocycles. The Kier molecular flexibility index (Phi) is 5.44. The van der Waals surface area contributed by atoms with Crippen molar-refractivity contribution >= 4 is 17.5 Å². The molecule has 1 amide bonds. The number of amides is 1. The molecule has 8 heteroatoms. The Morgan fingerprint density at radius 3 is 2.93 bits per heavy atom. The van der Waals surface area contributed by atoms with Crippen molar-refractivity contribution in [1.29, 1.82) is 0 Å². The van der Waals surface area contributed by atoms with E-state index in [0.717, 1.165) is 11.3 Å². The van der Waals surface area contributed by atoms with Gasteiger partial charge in [0.2, 0.25) is 5.88 Å². The van der Waals surface area contributed by atoms with Gasteiger partial charge in [0.25, 0.3) is 5.91 Å². The lowest BCUT2D eigenvalue weighted by atomic mass is 9.88. The van der Waals surface area contributed by atoms with Crippen LogP contribution < -0.4 is 14.8 Å². The van der Waals surface area contributed by atoms with Crippen LogP contribution in [-0.4, -0.2) is 45.1 Å². The molecule has 1 unspecified atom stereocenters. The van der Waals surface area contributed by atoms with Gasteiger partial charge in [0.1, 0.15) is 24.1 Å². The van der Waals surface area contributed by atoms with Crippen LogP contribution >= 0.6 is 11.6 Å². The minimum absolute atomic E-state index is 0.161. The minimum Gasteiger partial charge on any atom is -0.491 e. The smallest absolute Gasteiger partial charge is 0.272 e. The van der Waals surface area contributed by atoms with Crippen LogP contribution in [0, 0.1) is 0 Å². The molecular weight excluding hydrogens is 394 g/mol. The van der Waals surface area contributed by atoms with Gasteiger partial charge in [0.05, 0.1) is 6.04 Å². The van der Waals surface area contributed by atoms with Gasteiger partial charge in [-0.05, 0) is 43.0 Å². The molecule has 0 fully saturated rings. The standard InChI is InChI=1S/C21H26ClN3O4/c1-3-21(27,4-2)18-7-8-25-19(29-18)11-16(24-25)20(26)23-15-10-13-9-14(22)5-6-17(13)28-12-15/h5-6,9,11,15,18,27H,3-4,7-8,10,12H2,1-2H3,(H,23,26)/t15-,18?/m1/s1. The molecule has 7 nitrogen and oxygen atoms in total. The molecule has 4 rings (SSSR count). The van der Waals surface area contributed by atoms with Crippen molar-refractivity contribution in [1.82, 2.24) is 15.1 Å². The first-order valence-corrected chi connectivity index (χ1v) is 10.5. The zero-order valence-corrected chi connectivity index (χ0v) is 17.4. The second kappa shape index (κ2) is 7.88. The van der Waals surface area contributed by atoms with Crippen LogP contribution in [0.25, 0.3) is 0 Å². The molecule has 2 aliphatic heterocycles. The number of fused-ring (bicyclic) bond motifs is 2. The minimum atomic E-state index is -0.869. The van der Waals surface area contributed by atoms with E-state index in [9.17, 15) is 9.90 Å². The van der Waals surface area contributed by atoms with Crippen LogP contribution in [0.2, 0.25) is 5.02 Å². The molecular formula is C21H26ClN3O4. The lowest BCUT2D eigenvalue weighted by molar-refractivity contribution is -0.0834. The number of nitrogens with zero attached hydrogens (tertiary/aromatic N) is 2. The average Bonchev–Trinajstić information content (AvgIpc) is 3.16. The molecule has 156 valence electrons. The fraction of sp³-hybridized carbons (Fsp3) is 0.524. The third-order valence-electron chi connectivity index (χ3n) is 5.93. The number of rotatable bonds is 5. The maximum Gasteiger partial charge on any atom is 0.272 e. The molecule has 0 saturated carbocycles. The van der Waals surface area contributed by atoms with Gasteiger partial charge < -0.3 is 19.9 Å². The third kappa shape index (κ3) is 3.94. The number of hydrogen-bond donors (Lipinski definition) is 2. The van der Waals surface area contributed by atoms with Crippen LogP contribution in [0.3, 0.4) is 0 Å². The second-order valence-electron chi connectivity index (χ2n) is 7.73. The summed E-state index contributed by atoms with van der Waals surface area (Å²) in [5.41, 5.74) is 0.406. The highest BCUT2D eigenvalue weighted by Crippen LogP contribution is 2.32. The van der Waals surface area contributed by atoms with Crippen LogP contribution in [0.15, 0.2) is 24.3 Å². The Morgan fingerprint density at radius 1 is 1.38 bits per heavy atom. The van der Waals surface area contributed by atoms with Crippen LogP contribution in [-0.2, 0) is 13.0 Å². The summed E-state index contributed by atoms with van der Waals surface area (Å²) in [6, 6.07) is 6.98. The molecule has 2 N–H and O–H groups in total. The summed E-state index contributed by atoms with van der Waals surface area (Å²) in [5.74, 6) is 1.05. The summed E-state index contributed by atoms with van der Waals surface area (Å²) in [6.45, 7) is 4.91. The zero-order chi connectivity index (χ0) is 20.6. The number of carbonyl (C=O) groups excluding carboxylic acids is 1. The van der Waals surface area contributed by atoms with Gasteiger partial charge in [-0.25, -0.2) is 4.68 Å². The van der Waals surface area contributed by atoms with Gasteiger partial charge in [0.15, 0.2) is 5.69 Å². The Balaban J connectivity index is 1.43. The van der Waals surface area contributed by atoms with Crippen molar-refractivity contribution in [3.05, 3.63) is 40.5 Å². The fourth-order valence-corrected chi connectivity index (χ4v) is 4.20. The molecule has 1 aromatic carbocycles. The van der Waals surface area contributed by atoms with E-state index in [0.29, 0.717) is 55.4 Å². The normalized spacial score (nSPS) is 20.8. The summed E-state index contributed by atoms with van der Waals surface area (Å²) >= 11 is 6.06. The number of aryl methyl sites for hydroxylation is 1. The molecule has 29 heavy (non-hydrogen) atoms. The Bertz CT molecular complexity index is 909. The molecule has 2 atom stereocenters. The van der Waals surface area contributed by atoms with Crippen molar-refractivity contribution in [2.75, 3.05) is 6.61 Å². The molecule has 0 bridgehead atoms. The SMILES string of the molecule is CCC(O)(CC)C1CCn2nc(C(=O)N[C@H]3COc4ccc(Cl)cc4C3)cc2O1. The quantitative estimate of drug-likeness (QED) is 0.778.